The number of rotatable bonds is 17. The summed E-state index contributed by atoms with van der Waals surface area (Å²) in [6, 6.07) is 12.4. The second-order valence-electron chi connectivity index (χ2n) is 11.4. The molecule has 13 heteroatoms. The van der Waals surface area contributed by atoms with Gasteiger partial charge in [-0.25, -0.2) is 9.44 Å². The fraction of sp³-hybridized carbons (Fsp3) is 0.600. The Morgan fingerprint density at radius 3 is 2.02 bits per heavy atom. The number of benzene rings is 2. The maximum absolute atomic E-state index is 12.9. The van der Waals surface area contributed by atoms with Gasteiger partial charge in [0.05, 0.1) is 6.61 Å². The van der Waals surface area contributed by atoms with Crippen LogP contribution in [0.1, 0.15) is 88.2 Å². The number of ether oxygens (including phenoxy) is 1. The van der Waals surface area contributed by atoms with Crippen molar-refractivity contribution < 1.29 is 45.3 Å². The van der Waals surface area contributed by atoms with Gasteiger partial charge in [0, 0.05) is 36.9 Å². The smallest absolute Gasteiger partial charge is 0.453 e. The number of alkyl halides is 5. The summed E-state index contributed by atoms with van der Waals surface area (Å²) >= 11 is 0. The van der Waals surface area contributed by atoms with E-state index >= 15 is 0 Å². The molecular formula is C30H41F5N2O5S. The van der Waals surface area contributed by atoms with Crippen molar-refractivity contribution >= 4 is 10.2 Å². The molecule has 1 aliphatic heterocycles. The first-order valence-electron chi connectivity index (χ1n) is 14.6. The van der Waals surface area contributed by atoms with Gasteiger partial charge in [0.2, 0.25) is 0 Å². The molecule has 0 saturated carbocycles. The van der Waals surface area contributed by atoms with Crippen molar-refractivity contribution in [3.8, 4) is 17.2 Å². The van der Waals surface area contributed by atoms with E-state index in [9.17, 15) is 40.6 Å². The molecule has 0 radical (unpaired) electrons. The molecule has 242 valence electrons. The van der Waals surface area contributed by atoms with Crippen LogP contribution in [0.15, 0.2) is 42.5 Å². The maximum atomic E-state index is 12.9. The van der Waals surface area contributed by atoms with Gasteiger partial charge in [-0.15, -0.1) is 0 Å². The van der Waals surface area contributed by atoms with Gasteiger partial charge in [-0.3, -0.25) is 0 Å². The minimum atomic E-state index is -5.65. The first-order valence-corrected chi connectivity index (χ1v) is 16.1. The Morgan fingerprint density at radius 1 is 0.837 bits per heavy atom. The lowest BCUT2D eigenvalue weighted by atomic mass is 9.66. The summed E-state index contributed by atoms with van der Waals surface area (Å²) in [5.74, 6) is -3.64. The summed E-state index contributed by atoms with van der Waals surface area (Å²) in [7, 11) is -3.97. The van der Waals surface area contributed by atoms with E-state index < -0.39 is 41.7 Å². The van der Waals surface area contributed by atoms with Crippen LogP contribution in [-0.2, 0) is 15.6 Å². The Hall–Kier alpha value is -2.64. The van der Waals surface area contributed by atoms with E-state index in [-0.39, 0.29) is 29.4 Å². The summed E-state index contributed by atoms with van der Waals surface area (Å²) in [5, 5.41) is 19.7. The molecular weight excluding hydrogens is 595 g/mol. The van der Waals surface area contributed by atoms with Crippen LogP contribution in [0.3, 0.4) is 0 Å². The SMILES string of the molecule is C[C@]1(c2ccc(O)cc2)COc2cc(O)ccc2[C@H]1CCCCCCCCCNS(=O)(=O)NCCCC(F)(F)C(F)(F)F. The van der Waals surface area contributed by atoms with Crippen molar-refractivity contribution in [2.24, 2.45) is 0 Å². The molecule has 0 unspecified atom stereocenters. The van der Waals surface area contributed by atoms with E-state index in [1.807, 2.05) is 22.9 Å². The van der Waals surface area contributed by atoms with Crippen LogP contribution >= 0.6 is 0 Å². The lowest BCUT2D eigenvalue weighted by Crippen LogP contribution is -2.40. The van der Waals surface area contributed by atoms with Crippen LogP contribution in [0.25, 0.3) is 0 Å². The lowest BCUT2D eigenvalue weighted by molar-refractivity contribution is -0.284. The van der Waals surface area contributed by atoms with Crippen molar-refractivity contribution in [3.63, 3.8) is 0 Å². The molecule has 7 nitrogen and oxygen atoms in total. The van der Waals surface area contributed by atoms with Crippen LogP contribution in [0.4, 0.5) is 22.0 Å². The van der Waals surface area contributed by atoms with Gasteiger partial charge in [-0.05, 0) is 48.6 Å². The van der Waals surface area contributed by atoms with Crippen molar-refractivity contribution in [2.45, 2.75) is 94.6 Å². The Kier molecular flexibility index (Phi) is 12.1. The third kappa shape index (κ3) is 9.94. The highest BCUT2D eigenvalue weighted by Crippen LogP contribution is 2.49. The third-order valence-corrected chi connectivity index (χ3v) is 9.20. The van der Waals surface area contributed by atoms with E-state index in [0.29, 0.717) is 18.8 Å². The number of phenols is 2. The van der Waals surface area contributed by atoms with Crippen molar-refractivity contribution in [1.82, 2.24) is 9.44 Å². The second-order valence-corrected chi connectivity index (χ2v) is 13.0. The van der Waals surface area contributed by atoms with Gasteiger partial charge < -0.3 is 14.9 Å². The number of halogens is 5. The number of nitrogens with one attached hydrogen (secondary N) is 2. The molecule has 43 heavy (non-hydrogen) atoms. The van der Waals surface area contributed by atoms with Gasteiger partial charge in [0.25, 0.3) is 10.2 Å². The number of phenolic OH excluding ortho intramolecular Hbond substituents is 2. The molecule has 0 saturated heterocycles. The average molecular weight is 637 g/mol. The summed E-state index contributed by atoms with van der Waals surface area (Å²) in [5.41, 5.74) is 1.81. The molecule has 0 bridgehead atoms. The first-order chi connectivity index (χ1) is 20.1. The normalized spacial score (nSPS) is 19.2. The van der Waals surface area contributed by atoms with Crippen molar-refractivity contribution in [1.29, 1.82) is 0 Å². The number of aromatic hydroxyl groups is 2. The van der Waals surface area contributed by atoms with Crippen LogP contribution < -0.4 is 14.2 Å². The molecule has 4 N–H and O–H groups in total. The fourth-order valence-corrected chi connectivity index (χ4v) is 6.41. The zero-order valence-corrected chi connectivity index (χ0v) is 25.0. The largest absolute Gasteiger partial charge is 0.508 e. The number of hydrogen-bond donors (Lipinski definition) is 4. The first kappa shape index (κ1) is 34.8. The molecule has 1 heterocycles. The minimum absolute atomic E-state index is 0.141. The average Bonchev–Trinajstić information content (AvgIpc) is 2.93. The molecule has 2 aromatic rings. The van der Waals surface area contributed by atoms with E-state index in [1.165, 1.54) is 0 Å². The van der Waals surface area contributed by atoms with E-state index in [2.05, 4.69) is 11.6 Å². The van der Waals surface area contributed by atoms with Gasteiger partial charge in [-0.2, -0.15) is 30.4 Å². The molecule has 1 aliphatic rings. The predicted molar refractivity (Wildman–Crippen MR) is 154 cm³/mol. The minimum Gasteiger partial charge on any atom is -0.508 e. The van der Waals surface area contributed by atoms with E-state index in [0.717, 1.165) is 56.1 Å². The second kappa shape index (κ2) is 14.9. The molecule has 2 aromatic carbocycles. The molecule has 0 spiro atoms. The summed E-state index contributed by atoms with van der Waals surface area (Å²) < 4.78 is 96.4. The lowest BCUT2D eigenvalue weighted by Gasteiger charge is -2.43. The number of fused-ring (bicyclic) bond motifs is 1. The number of unbranched alkanes of at least 4 members (excludes halogenated alkanes) is 6. The fourth-order valence-electron chi connectivity index (χ4n) is 5.48. The molecule has 3 rings (SSSR count). The zero-order valence-electron chi connectivity index (χ0n) is 24.2. The van der Waals surface area contributed by atoms with Gasteiger partial charge in [-0.1, -0.05) is 63.6 Å². The van der Waals surface area contributed by atoms with E-state index in [1.54, 1.807) is 24.3 Å². The quantitative estimate of drug-likeness (QED) is 0.110. The van der Waals surface area contributed by atoms with Crippen LogP contribution in [0.2, 0.25) is 0 Å². The predicted octanol–water partition coefficient (Wildman–Crippen LogP) is 7.05. The zero-order chi connectivity index (χ0) is 31.7. The molecule has 0 amide bonds. The Balaban J connectivity index is 1.34. The van der Waals surface area contributed by atoms with Crippen LogP contribution in [-0.4, -0.2) is 50.4 Å². The number of hydrogen-bond acceptors (Lipinski definition) is 5. The Labute approximate surface area is 250 Å². The summed E-state index contributed by atoms with van der Waals surface area (Å²) in [4.78, 5) is 0. The molecule has 2 atom stereocenters. The highest BCUT2D eigenvalue weighted by Gasteiger charge is 2.56. The monoisotopic (exact) mass is 636 g/mol. The van der Waals surface area contributed by atoms with E-state index in [4.69, 9.17) is 4.74 Å². The van der Waals surface area contributed by atoms with Crippen LogP contribution in [0.5, 0.6) is 17.2 Å². The maximum Gasteiger partial charge on any atom is 0.453 e. The van der Waals surface area contributed by atoms with Gasteiger partial charge >= 0.3 is 12.1 Å². The highest BCUT2D eigenvalue weighted by atomic mass is 32.2. The standard InChI is InChI=1S/C30H41F5N2O5S/c1-28(22-11-13-23(38)14-12-22)21-42-27-20-24(39)15-16-25(27)26(28)10-7-5-3-2-4-6-8-18-36-43(40,41)37-19-9-17-29(31,32)30(33,34)35/h11-16,20,26,36-39H,2-10,17-19,21H2,1H3/t26-,28-/m1/s1. The van der Waals surface area contributed by atoms with Crippen molar-refractivity contribution in [3.05, 3.63) is 53.6 Å². The molecule has 0 fully saturated rings. The van der Waals surface area contributed by atoms with Gasteiger partial charge in [0.15, 0.2) is 0 Å². The Morgan fingerprint density at radius 2 is 1.40 bits per heavy atom. The summed E-state index contributed by atoms with van der Waals surface area (Å²) in [6.45, 7) is 2.24. The van der Waals surface area contributed by atoms with Gasteiger partial charge in [0.1, 0.15) is 17.2 Å². The highest BCUT2D eigenvalue weighted by molar-refractivity contribution is 7.87. The molecule has 0 aliphatic carbocycles. The third-order valence-electron chi connectivity index (χ3n) is 8.03. The molecule has 0 aromatic heterocycles. The van der Waals surface area contributed by atoms with Crippen LogP contribution in [0, 0.1) is 0 Å². The summed E-state index contributed by atoms with van der Waals surface area (Å²) in [6.07, 6.45) is -0.601. The van der Waals surface area contributed by atoms with Crippen molar-refractivity contribution in [2.75, 3.05) is 19.7 Å². The Bertz CT molecular complexity index is 1270. The topological polar surface area (TPSA) is 108 Å².